The number of hydrogen-bond donors (Lipinski definition) is 1. The SMILES string of the molecule is O=c1cc(C(F)(F)F)ncn1CC1CCN(CC(O)c2cscn2)CC1. The maximum Gasteiger partial charge on any atom is 0.433 e. The van der Waals surface area contributed by atoms with Crippen molar-refractivity contribution in [3.05, 3.63) is 45.0 Å². The number of rotatable bonds is 5. The highest BCUT2D eigenvalue weighted by molar-refractivity contribution is 7.07. The molecular weight excluding hydrogens is 369 g/mol. The number of piperidine rings is 1. The average Bonchev–Trinajstić information content (AvgIpc) is 3.12. The highest BCUT2D eigenvalue weighted by Gasteiger charge is 2.33. The largest absolute Gasteiger partial charge is 0.433 e. The van der Waals surface area contributed by atoms with E-state index in [-0.39, 0.29) is 5.92 Å². The lowest BCUT2D eigenvalue weighted by Gasteiger charge is -2.33. The van der Waals surface area contributed by atoms with Gasteiger partial charge in [-0.05, 0) is 31.8 Å². The molecule has 1 fully saturated rings. The summed E-state index contributed by atoms with van der Waals surface area (Å²) in [5, 5.41) is 12.0. The zero-order valence-corrected chi connectivity index (χ0v) is 14.7. The zero-order valence-electron chi connectivity index (χ0n) is 13.9. The molecule has 0 saturated carbocycles. The summed E-state index contributed by atoms with van der Waals surface area (Å²) in [6.45, 7) is 2.37. The smallest absolute Gasteiger partial charge is 0.385 e. The minimum Gasteiger partial charge on any atom is -0.385 e. The van der Waals surface area contributed by atoms with Gasteiger partial charge in [0, 0.05) is 24.5 Å². The van der Waals surface area contributed by atoms with Crippen molar-refractivity contribution >= 4 is 11.3 Å². The predicted molar refractivity (Wildman–Crippen MR) is 89.7 cm³/mol. The monoisotopic (exact) mass is 388 g/mol. The first-order chi connectivity index (χ1) is 12.3. The van der Waals surface area contributed by atoms with Crippen LogP contribution in [0.25, 0.3) is 0 Å². The summed E-state index contributed by atoms with van der Waals surface area (Å²) in [7, 11) is 0. The molecule has 0 spiro atoms. The Hall–Kier alpha value is -1.78. The normalized spacial score (nSPS) is 18.2. The lowest BCUT2D eigenvalue weighted by Crippen LogP contribution is -2.38. The first kappa shape index (κ1) is 19.0. The molecule has 1 saturated heterocycles. The lowest BCUT2D eigenvalue weighted by atomic mass is 9.96. The number of nitrogens with zero attached hydrogens (tertiary/aromatic N) is 4. The summed E-state index contributed by atoms with van der Waals surface area (Å²) < 4.78 is 38.9. The van der Waals surface area contributed by atoms with Crippen LogP contribution in [0.3, 0.4) is 0 Å². The molecular formula is C16H19F3N4O2S. The summed E-state index contributed by atoms with van der Waals surface area (Å²) in [4.78, 5) is 21.5. The van der Waals surface area contributed by atoms with E-state index in [1.165, 1.54) is 15.9 Å². The zero-order chi connectivity index (χ0) is 18.7. The third-order valence-electron chi connectivity index (χ3n) is 4.56. The second-order valence-corrected chi connectivity index (χ2v) is 7.15. The van der Waals surface area contributed by atoms with Crippen LogP contribution in [0.15, 0.2) is 28.1 Å². The Morgan fingerprint density at radius 3 is 2.62 bits per heavy atom. The van der Waals surface area contributed by atoms with Crippen LogP contribution < -0.4 is 5.56 Å². The number of alkyl halides is 3. The molecule has 1 aliphatic heterocycles. The number of β-amino-alcohol motifs (C(OH)–C–C–N with tert-alkyl or cyclic N) is 1. The van der Waals surface area contributed by atoms with E-state index in [9.17, 15) is 23.1 Å². The summed E-state index contributed by atoms with van der Waals surface area (Å²) in [6.07, 6.45) is -2.65. The van der Waals surface area contributed by atoms with E-state index in [1.54, 1.807) is 5.51 Å². The van der Waals surface area contributed by atoms with Crippen LogP contribution in [-0.4, -0.2) is 44.2 Å². The maximum atomic E-state index is 12.6. The molecule has 6 nitrogen and oxygen atoms in total. The number of aliphatic hydroxyl groups excluding tert-OH is 1. The van der Waals surface area contributed by atoms with Gasteiger partial charge in [0.25, 0.3) is 5.56 Å². The van der Waals surface area contributed by atoms with Gasteiger partial charge in [0.2, 0.25) is 0 Å². The second kappa shape index (κ2) is 7.85. The minimum absolute atomic E-state index is 0.193. The van der Waals surface area contributed by atoms with Gasteiger partial charge in [-0.3, -0.25) is 9.36 Å². The molecule has 0 radical (unpaired) electrons. The molecule has 1 atom stereocenters. The van der Waals surface area contributed by atoms with E-state index >= 15 is 0 Å². The molecule has 3 rings (SSSR count). The number of hydrogen-bond acceptors (Lipinski definition) is 6. The Balaban J connectivity index is 1.52. The van der Waals surface area contributed by atoms with Crippen molar-refractivity contribution in [2.24, 2.45) is 5.92 Å². The van der Waals surface area contributed by atoms with Crippen LogP contribution in [0.2, 0.25) is 0 Å². The maximum absolute atomic E-state index is 12.6. The van der Waals surface area contributed by atoms with Crippen LogP contribution in [-0.2, 0) is 12.7 Å². The number of aliphatic hydroxyl groups is 1. The van der Waals surface area contributed by atoms with Gasteiger partial charge in [0.15, 0.2) is 5.69 Å². The average molecular weight is 388 g/mol. The van der Waals surface area contributed by atoms with Gasteiger partial charge in [-0.1, -0.05) is 0 Å². The van der Waals surface area contributed by atoms with Crippen LogP contribution >= 0.6 is 11.3 Å². The molecule has 2 aromatic heterocycles. The van der Waals surface area contributed by atoms with E-state index in [0.717, 1.165) is 32.3 Å². The molecule has 10 heteroatoms. The Morgan fingerprint density at radius 2 is 2.04 bits per heavy atom. The lowest BCUT2D eigenvalue weighted by molar-refractivity contribution is -0.141. The van der Waals surface area contributed by atoms with Gasteiger partial charge >= 0.3 is 6.18 Å². The Kier molecular flexibility index (Phi) is 5.73. The predicted octanol–water partition coefficient (Wildman–Crippen LogP) is 2.16. The van der Waals surface area contributed by atoms with Crippen LogP contribution in [0.5, 0.6) is 0 Å². The van der Waals surface area contributed by atoms with Crippen molar-refractivity contribution in [3.63, 3.8) is 0 Å². The number of likely N-dealkylation sites (tertiary alicyclic amines) is 1. The van der Waals surface area contributed by atoms with Crippen LogP contribution in [0.1, 0.15) is 30.3 Å². The quantitative estimate of drug-likeness (QED) is 0.850. The van der Waals surface area contributed by atoms with Gasteiger partial charge in [-0.25, -0.2) is 9.97 Å². The Morgan fingerprint density at radius 1 is 1.31 bits per heavy atom. The van der Waals surface area contributed by atoms with Gasteiger partial charge in [-0.15, -0.1) is 11.3 Å². The standard InChI is InChI=1S/C16H19F3N4O2S/c17-16(18,19)14-5-15(25)23(9-20-14)6-11-1-3-22(4-2-11)7-13(24)12-8-26-10-21-12/h5,8-11,13,24H,1-4,6-7H2. The number of aromatic nitrogens is 3. The first-order valence-corrected chi connectivity index (χ1v) is 9.19. The van der Waals surface area contributed by atoms with Gasteiger partial charge in [-0.2, -0.15) is 13.2 Å². The van der Waals surface area contributed by atoms with E-state index in [0.29, 0.717) is 24.8 Å². The van der Waals surface area contributed by atoms with Crippen molar-refractivity contribution in [2.45, 2.75) is 31.7 Å². The molecule has 0 aliphatic carbocycles. The van der Waals surface area contributed by atoms with Crippen molar-refractivity contribution in [1.82, 2.24) is 19.4 Å². The minimum atomic E-state index is -4.61. The summed E-state index contributed by atoms with van der Waals surface area (Å²) >= 11 is 1.44. The number of halogens is 3. The van der Waals surface area contributed by atoms with E-state index in [2.05, 4.69) is 14.9 Å². The molecule has 1 N–H and O–H groups in total. The van der Waals surface area contributed by atoms with Crippen molar-refractivity contribution in [1.29, 1.82) is 0 Å². The Labute approximate surface area is 151 Å². The second-order valence-electron chi connectivity index (χ2n) is 6.44. The molecule has 3 heterocycles. The van der Waals surface area contributed by atoms with Gasteiger partial charge < -0.3 is 10.0 Å². The third-order valence-corrected chi connectivity index (χ3v) is 5.16. The first-order valence-electron chi connectivity index (χ1n) is 8.25. The molecule has 0 bridgehead atoms. The van der Waals surface area contributed by atoms with Gasteiger partial charge in [0.1, 0.15) is 6.10 Å². The Bertz CT molecular complexity index is 771. The molecule has 26 heavy (non-hydrogen) atoms. The molecule has 1 unspecified atom stereocenters. The fourth-order valence-corrected chi connectivity index (χ4v) is 3.67. The van der Waals surface area contributed by atoms with Crippen molar-refractivity contribution in [2.75, 3.05) is 19.6 Å². The highest BCUT2D eigenvalue weighted by atomic mass is 32.1. The topological polar surface area (TPSA) is 71.2 Å². The number of thiazole rings is 1. The van der Waals surface area contributed by atoms with Crippen LogP contribution in [0.4, 0.5) is 13.2 Å². The highest BCUT2D eigenvalue weighted by Crippen LogP contribution is 2.26. The molecule has 142 valence electrons. The fourth-order valence-electron chi connectivity index (χ4n) is 3.07. The third kappa shape index (κ3) is 4.68. The molecule has 0 amide bonds. The van der Waals surface area contributed by atoms with Crippen molar-refractivity contribution in [3.8, 4) is 0 Å². The van der Waals surface area contributed by atoms with E-state index in [4.69, 9.17) is 0 Å². The van der Waals surface area contributed by atoms with E-state index in [1.807, 2.05) is 5.38 Å². The van der Waals surface area contributed by atoms with Gasteiger partial charge in [0.05, 0.1) is 17.5 Å². The van der Waals surface area contributed by atoms with Crippen molar-refractivity contribution < 1.29 is 18.3 Å². The fraction of sp³-hybridized carbons (Fsp3) is 0.562. The molecule has 2 aromatic rings. The summed E-state index contributed by atoms with van der Waals surface area (Å²) in [5.74, 6) is 0.193. The molecule has 1 aliphatic rings. The molecule has 0 aromatic carbocycles. The van der Waals surface area contributed by atoms with E-state index < -0.39 is 23.5 Å². The summed E-state index contributed by atoms with van der Waals surface area (Å²) in [6, 6.07) is 0.541. The summed E-state index contributed by atoms with van der Waals surface area (Å²) in [5.41, 5.74) is 0.499. The van der Waals surface area contributed by atoms with Crippen LogP contribution in [0, 0.1) is 5.92 Å².